The fourth-order valence-electron chi connectivity index (χ4n) is 7.07. The molecule has 3 heteroatoms. The number of rotatable bonds is 36. The van der Waals surface area contributed by atoms with Gasteiger partial charge < -0.3 is 4.90 Å². The third-order valence-corrected chi connectivity index (χ3v) is 10.6. The molecule has 0 spiro atoms. The first-order chi connectivity index (χ1) is 21.5. The van der Waals surface area contributed by atoms with E-state index in [1.807, 2.05) is 0 Å². The average Bonchev–Trinajstić information content (AvgIpc) is 3.00. The van der Waals surface area contributed by atoms with Gasteiger partial charge in [-0.05, 0) is 26.7 Å². The summed E-state index contributed by atoms with van der Waals surface area (Å²) < 4.78 is 0.804. The monoisotopic (exact) mass is 654 g/mol. The summed E-state index contributed by atoms with van der Waals surface area (Å²) in [6.45, 7) is 9.35. The van der Waals surface area contributed by atoms with Crippen LogP contribution in [0.2, 0.25) is 0 Å². The summed E-state index contributed by atoms with van der Waals surface area (Å²) in [6.07, 6.45) is 48.4. The van der Waals surface area contributed by atoms with Crippen molar-refractivity contribution in [1.29, 1.82) is 0 Å². The summed E-state index contributed by atoms with van der Waals surface area (Å²) in [5.74, 6) is 0. The molecular formula is C41H83NS2. The van der Waals surface area contributed by atoms with E-state index in [1.54, 1.807) is 0 Å². The molecule has 0 radical (unpaired) electrons. The van der Waals surface area contributed by atoms with E-state index in [2.05, 4.69) is 45.2 Å². The van der Waals surface area contributed by atoms with Gasteiger partial charge in [0.2, 0.25) is 0 Å². The molecule has 0 bridgehead atoms. The molecule has 0 aliphatic rings. The number of thiocarbonyl (C=S) groups is 1. The van der Waals surface area contributed by atoms with E-state index in [-0.39, 0.29) is 0 Å². The average molecular weight is 654 g/mol. The van der Waals surface area contributed by atoms with Crippen molar-refractivity contribution in [2.45, 2.75) is 258 Å². The number of nitrogens with zero attached hydrogens (tertiary/aromatic N) is 1. The lowest BCUT2D eigenvalue weighted by atomic mass is 10.0. The minimum atomic E-state index is 0.516. The van der Waals surface area contributed by atoms with Crippen LogP contribution in [0.15, 0.2) is 0 Å². The molecule has 0 aromatic carbocycles. The van der Waals surface area contributed by atoms with Crippen molar-refractivity contribution in [2.24, 2.45) is 0 Å². The van der Waals surface area contributed by atoms with Crippen molar-refractivity contribution >= 4 is 29.2 Å². The fraction of sp³-hybridized carbons (Fsp3) is 0.976. The van der Waals surface area contributed by atoms with E-state index in [1.165, 1.54) is 218 Å². The van der Waals surface area contributed by atoms with Crippen LogP contribution in [0.25, 0.3) is 0 Å². The Hall–Kier alpha value is 0.240. The lowest BCUT2D eigenvalue weighted by molar-refractivity contribution is 0.240. The highest BCUT2D eigenvalue weighted by atomic mass is 32.1. The molecule has 44 heavy (non-hydrogen) atoms. The zero-order valence-corrected chi connectivity index (χ0v) is 32.7. The van der Waals surface area contributed by atoms with E-state index in [9.17, 15) is 0 Å². The highest BCUT2D eigenvalue weighted by Crippen LogP contribution is 2.21. The highest BCUT2D eigenvalue weighted by Gasteiger charge is 2.20. The lowest BCUT2D eigenvalue weighted by Crippen LogP contribution is -2.42. The minimum absolute atomic E-state index is 0.516. The van der Waals surface area contributed by atoms with Crippen LogP contribution in [-0.4, -0.2) is 21.3 Å². The van der Waals surface area contributed by atoms with Crippen LogP contribution in [0, 0.1) is 0 Å². The Bertz CT molecular complexity index is 523. The Morgan fingerprint density at radius 2 is 0.568 bits per heavy atom. The smallest absolute Gasteiger partial charge is 0.133 e. The van der Waals surface area contributed by atoms with E-state index < -0.39 is 0 Å². The summed E-state index contributed by atoms with van der Waals surface area (Å²) >= 11 is 10.2. The minimum Gasteiger partial charge on any atom is -0.352 e. The van der Waals surface area contributed by atoms with Crippen LogP contribution in [0.3, 0.4) is 0 Å². The van der Waals surface area contributed by atoms with Gasteiger partial charge in [-0.25, -0.2) is 0 Å². The van der Waals surface area contributed by atoms with Crippen molar-refractivity contribution in [3.05, 3.63) is 0 Å². The maximum absolute atomic E-state index is 5.59. The molecule has 0 rings (SSSR count). The molecule has 0 aliphatic heterocycles. The molecule has 0 aromatic heterocycles. The molecular weight excluding hydrogens is 571 g/mol. The molecule has 0 aromatic rings. The maximum atomic E-state index is 5.59. The van der Waals surface area contributed by atoms with Crippen LogP contribution >= 0.6 is 24.8 Å². The van der Waals surface area contributed by atoms with Gasteiger partial charge in [-0.1, -0.05) is 232 Å². The Labute approximate surface area is 291 Å². The summed E-state index contributed by atoms with van der Waals surface area (Å²) in [5, 5.41) is 0. The lowest BCUT2D eigenvalue weighted by Gasteiger charge is -2.35. The molecule has 0 fully saturated rings. The predicted octanol–water partition coefficient (Wildman–Crippen LogP) is 15.6. The van der Waals surface area contributed by atoms with Gasteiger partial charge in [-0.15, -0.1) is 12.6 Å². The van der Waals surface area contributed by atoms with Gasteiger partial charge in [0.1, 0.15) is 4.32 Å². The van der Waals surface area contributed by atoms with Crippen LogP contribution in [0.1, 0.15) is 246 Å². The van der Waals surface area contributed by atoms with Crippen molar-refractivity contribution < 1.29 is 0 Å². The zero-order valence-electron chi connectivity index (χ0n) is 31.0. The van der Waals surface area contributed by atoms with Gasteiger partial charge in [-0.3, -0.25) is 0 Å². The molecule has 0 saturated carbocycles. The molecule has 0 amide bonds. The van der Waals surface area contributed by atoms with Crippen molar-refractivity contribution in [3.8, 4) is 0 Å². The number of unbranched alkanes of at least 4 members (excludes halogenated alkanes) is 30. The molecule has 0 heterocycles. The van der Waals surface area contributed by atoms with Gasteiger partial charge in [-0.2, -0.15) is 0 Å². The molecule has 0 saturated heterocycles. The standard InChI is InChI=1S/C41H83NS2/c1-5-7-9-11-13-15-17-19-21-23-25-27-29-31-33-35-37-39(3)42(41(43)44)40(4)38-36-34-32-30-28-26-24-22-20-18-16-14-12-10-8-6-2/h39-40H,5-38H2,1-4H3,(H,43,44). The third-order valence-electron chi connectivity index (χ3n) is 10.1. The molecule has 2 unspecified atom stereocenters. The quantitative estimate of drug-likeness (QED) is 0.0407. The van der Waals surface area contributed by atoms with Gasteiger partial charge in [0.15, 0.2) is 0 Å². The van der Waals surface area contributed by atoms with Gasteiger partial charge in [0.05, 0.1) is 0 Å². The summed E-state index contributed by atoms with van der Waals surface area (Å²) in [7, 11) is 0. The highest BCUT2D eigenvalue weighted by molar-refractivity contribution is 8.10. The molecule has 1 nitrogen and oxygen atoms in total. The van der Waals surface area contributed by atoms with Gasteiger partial charge in [0, 0.05) is 12.1 Å². The van der Waals surface area contributed by atoms with Crippen molar-refractivity contribution in [1.82, 2.24) is 4.90 Å². The fourth-order valence-corrected chi connectivity index (χ4v) is 7.82. The first kappa shape index (κ1) is 44.2. The van der Waals surface area contributed by atoms with E-state index in [4.69, 9.17) is 12.2 Å². The first-order valence-corrected chi connectivity index (χ1v) is 21.4. The second-order valence-corrected chi connectivity index (χ2v) is 15.7. The number of hydrogen-bond donors (Lipinski definition) is 1. The van der Waals surface area contributed by atoms with Crippen molar-refractivity contribution in [2.75, 3.05) is 0 Å². The Balaban J connectivity index is 3.62. The van der Waals surface area contributed by atoms with Crippen LogP contribution < -0.4 is 0 Å². The summed E-state index contributed by atoms with van der Waals surface area (Å²) in [4.78, 5) is 2.44. The van der Waals surface area contributed by atoms with Crippen LogP contribution in [-0.2, 0) is 0 Å². The zero-order chi connectivity index (χ0) is 32.4. The normalized spacial score (nSPS) is 12.9. The Kier molecular flexibility index (Phi) is 36.3. The largest absolute Gasteiger partial charge is 0.352 e. The topological polar surface area (TPSA) is 3.24 Å². The second-order valence-electron chi connectivity index (χ2n) is 14.6. The second kappa shape index (κ2) is 36.1. The predicted molar refractivity (Wildman–Crippen MR) is 211 cm³/mol. The van der Waals surface area contributed by atoms with Gasteiger partial charge >= 0.3 is 0 Å². The van der Waals surface area contributed by atoms with Gasteiger partial charge in [0.25, 0.3) is 0 Å². The summed E-state index contributed by atoms with van der Waals surface area (Å²) in [5.41, 5.74) is 0. The van der Waals surface area contributed by atoms with E-state index >= 15 is 0 Å². The van der Waals surface area contributed by atoms with Crippen LogP contribution in [0.5, 0.6) is 0 Å². The SMILES string of the molecule is CCCCCCCCCCCCCCCCCCC(C)N(C(=S)S)C(C)CCCCCCCCCCCCCCCCCC. The molecule has 2 atom stereocenters. The van der Waals surface area contributed by atoms with Crippen LogP contribution in [0.4, 0.5) is 0 Å². The van der Waals surface area contributed by atoms with Crippen molar-refractivity contribution in [3.63, 3.8) is 0 Å². The molecule has 264 valence electrons. The van der Waals surface area contributed by atoms with E-state index in [0.717, 1.165) is 4.32 Å². The summed E-state index contributed by atoms with van der Waals surface area (Å²) in [6, 6.07) is 1.03. The molecule has 0 N–H and O–H groups in total. The maximum Gasteiger partial charge on any atom is 0.133 e. The number of thiol groups is 1. The third kappa shape index (κ3) is 30.9. The Morgan fingerprint density at radius 3 is 0.750 bits per heavy atom. The van der Waals surface area contributed by atoms with E-state index in [0.29, 0.717) is 12.1 Å². The first-order valence-electron chi connectivity index (χ1n) is 20.6. The Morgan fingerprint density at radius 1 is 0.386 bits per heavy atom. The molecule has 0 aliphatic carbocycles. The number of hydrogen-bond acceptors (Lipinski definition) is 1.